The highest BCUT2D eigenvalue weighted by Gasteiger charge is 2.19. The summed E-state index contributed by atoms with van der Waals surface area (Å²) in [7, 11) is 0. The fourth-order valence-corrected chi connectivity index (χ4v) is 2.00. The predicted molar refractivity (Wildman–Crippen MR) is 76.3 cm³/mol. The Labute approximate surface area is 126 Å². The number of aliphatic carboxylic acids is 1. The van der Waals surface area contributed by atoms with Gasteiger partial charge in [-0.15, -0.1) is 0 Å². The van der Waals surface area contributed by atoms with Crippen LogP contribution in [-0.2, 0) is 16.0 Å². The van der Waals surface area contributed by atoms with E-state index in [0.29, 0.717) is 18.4 Å². The van der Waals surface area contributed by atoms with Crippen LogP contribution in [0.2, 0.25) is 5.02 Å². The van der Waals surface area contributed by atoms with Gasteiger partial charge in [-0.1, -0.05) is 31.0 Å². The SMILES string of the molecule is CCCC(NC(=O)Cc1ccc([N+](=O)[O-])cc1Cl)C(=O)O. The number of carboxylic acid groups (broad SMARTS) is 1. The number of halogens is 1. The third-order valence-electron chi connectivity index (χ3n) is 2.81. The van der Waals surface area contributed by atoms with E-state index in [0.717, 1.165) is 6.07 Å². The van der Waals surface area contributed by atoms with E-state index in [2.05, 4.69) is 5.32 Å². The molecule has 0 aliphatic rings. The smallest absolute Gasteiger partial charge is 0.326 e. The van der Waals surface area contributed by atoms with Gasteiger partial charge in [-0.3, -0.25) is 14.9 Å². The molecule has 7 nitrogen and oxygen atoms in total. The maximum atomic E-state index is 11.8. The summed E-state index contributed by atoms with van der Waals surface area (Å²) in [6.45, 7) is 1.81. The molecule has 0 spiro atoms. The Morgan fingerprint density at radius 1 is 1.48 bits per heavy atom. The quantitative estimate of drug-likeness (QED) is 0.592. The molecule has 1 aromatic rings. The molecule has 8 heteroatoms. The number of carboxylic acids is 1. The number of nitro benzene ring substituents is 1. The highest BCUT2D eigenvalue weighted by molar-refractivity contribution is 6.31. The number of carbonyl (C=O) groups excluding carboxylic acids is 1. The van der Waals surface area contributed by atoms with E-state index in [4.69, 9.17) is 16.7 Å². The topological polar surface area (TPSA) is 110 Å². The molecule has 2 N–H and O–H groups in total. The van der Waals surface area contributed by atoms with Crippen molar-refractivity contribution >= 4 is 29.2 Å². The lowest BCUT2D eigenvalue weighted by atomic mass is 10.1. The summed E-state index contributed by atoms with van der Waals surface area (Å²) in [6.07, 6.45) is 0.814. The molecule has 1 unspecified atom stereocenters. The second-order valence-electron chi connectivity index (χ2n) is 4.46. The van der Waals surface area contributed by atoms with Crippen molar-refractivity contribution in [2.45, 2.75) is 32.2 Å². The number of non-ortho nitro benzene ring substituents is 1. The minimum Gasteiger partial charge on any atom is -0.480 e. The van der Waals surface area contributed by atoms with Gasteiger partial charge in [0.05, 0.1) is 16.4 Å². The van der Waals surface area contributed by atoms with Crippen molar-refractivity contribution in [1.29, 1.82) is 0 Å². The summed E-state index contributed by atoms with van der Waals surface area (Å²) in [4.78, 5) is 32.7. The molecule has 114 valence electrons. The Kier molecular flexibility index (Phi) is 6.10. The van der Waals surface area contributed by atoms with Crippen LogP contribution in [0.25, 0.3) is 0 Å². The zero-order chi connectivity index (χ0) is 16.0. The van der Waals surface area contributed by atoms with Crippen LogP contribution >= 0.6 is 11.6 Å². The molecule has 1 atom stereocenters. The summed E-state index contributed by atoms with van der Waals surface area (Å²) < 4.78 is 0. The third kappa shape index (κ3) is 5.03. The first kappa shape index (κ1) is 16.9. The fraction of sp³-hybridized carbons (Fsp3) is 0.385. The molecule has 0 heterocycles. The first-order valence-corrected chi connectivity index (χ1v) is 6.68. The van der Waals surface area contributed by atoms with Crippen LogP contribution in [0.4, 0.5) is 5.69 Å². The number of benzene rings is 1. The summed E-state index contributed by atoms with van der Waals surface area (Å²) >= 11 is 5.88. The molecule has 0 fully saturated rings. The van der Waals surface area contributed by atoms with Gasteiger partial charge in [0.1, 0.15) is 6.04 Å². The van der Waals surface area contributed by atoms with Crippen LogP contribution in [-0.4, -0.2) is 27.9 Å². The van der Waals surface area contributed by atoms with Gasteiger partial charge in [0.15, 0.2) is 0 Å². The number of nitrogens with one attached hydrogen (secondary N) is 1. The predicted octanol–water partition coefficient (Wildman–Crippen LogP) is 2.16. The number of nitrogens with zero attached hydrogens (tertiary/aromatic N) is 1. The molecule has 1 aromatic carbocycles. The Morgan fingerprint density at radius 2 is 2.14 bits per heavy atom. The first-order valence-electron chi connectivity index (χ1n) is 6.30. The monoisotopic (exact) mass is 314 g/mol. The first-order chi connectivity index (χ1) is 9.85. The molecule has 0 aliphatic heterocycles. The lowest BCUT2D eigenvalue weighted by molar-refractivity contribution is -0.384. The van der Waals surface area contributed by atoms with Gasteiger partial charge in [0, 0.05) is 12.1 Å². The van der Waals surface area contributed by atoms with Crippen LogP contribution in [0.3, 0.4) is 0 Å². The molecule has 0 aromatic heterocycles. The number of amides is 1. The van der Waals surface area contributed by atoms with Crippen molar-refractivity contribution in [3.8, 4) is 0 Å². The second kappa shape index (κ2) is 7.58. The molecule has 1 rings (SSSR count). The molecule has 0 saturated carbocycles. The highest BCUT2D eigenvalue weighted by Crippen LogP contribution is 2.22. The van der Waals surface area contributed by atoms with E-state index in [1.54, 1.807) is 0 Å². The van der Waals surface area contributed by atoms with Crippen LogP contribution < -0.4 is 5.32 Å². The van der Waals surface area contributed by atoms with Gasteiger partial charge in [0.2, 0.25) is 5.91 Å². The van der Waals surface area contributed by atoms with Crippen LogP contribution in [0.1, 0.15) is 25.3 Å². The summed E-state index contributed by atoms with van der Waals surface area (Å²) in [5.41, 5.74) is 0.235. The Balaban J connectivity index is 2.74. The molecule has 21 heavy (non-hydrogen) atoms. The third-order valence-corrected chi connectivity index (χ3v) is 3.16. The van der Waals surface area contributed by atoms with Gasteiger partial charge >= 0.3 is 5.97 Å². The van der Waals surface area contributed by atoms with E-state index in [1.807, 2.05) is 6.92 Å². The van der Waals surface area contributed by atoms with Crippen LogP contribution in [0.5, 0.6) is 0 Å². The van der Waals surface area contributed by atoms with E-state index in [1.165, 1.54) is 12.1 Å². The highest BCUT2D eigenvalue weighted by atomic mass is 35.5. The number of rotatable bonds is 7. The van der Waals surface area contributed by atoms with Crippen molar-refractivity contribution in [2.75, 3.05) is 0 Å². The Hall–Kier alpha value is -2.15. The molecule has 0 saturated heterocycles. The number of hydrogen-bond donors (Lipinski definition) is 2. The molecule has 1 amide bonds. The Bertz CT molecular complexity index is 561. The minimum atomic E-state index is -1.10. The zero-order valence-corrected chi connectivity index (χ0v) is 12.1. The molecular weight excluding hydrogens is 300 g/mol. The normalized spacial score (nSPS) is 11.7. The van der Waals surface area contributed by atoms with Crippen molar-refractivity contribution in [1.82, 2.24) is 5.32 Å². The van der Waals surface area contributed by atoms with Crippen molar-refractivity contribution in [3.05, 3.63) is 38.9 Å². The summed E-state index contributed by atoms with van der Waals surface area (Å²) in [6, 6.07) is 2.84. The zero-order valence-electron chi connectivity index (χ0n) is 11.3. The van der Waals surface area contributed by atoms with Gasteiger partial charge in [-0.05, 0) is 12.0 Å². The van der Waals surface area contributed by atoms with Crippen LogP contribution in [0.15, 0.2) is 18.2 Å². The second-order valence-corrected chi connectivity index (χ2v) is 4.86. The minimum absolute atomic E-state index is 0.0988. The van der Waals surface area contributed by atoms with Gasteiger partial charge in [-0.25, -0.2) is 4.79 Å². The fourth-order valence-electron chi connectivity index (χ4n) is 1.76. The van der Waals surface area contributed by atoms with Crippen molar-refractivity contribution < 1.29 is 19.6 Å². The largest absolute Gasteiger partial charge is 0.480 e. The molecule has 0 radical (unpaired) electrons. The van der Waals surface area contributed by atoms with Crippen molar-refractivity contribution in [2.24, 2.45) is 0 Å². The molecule has 0 aliphatic carbocycles. The summed E-state index contributed by atoms with van der Waals surface area (Å²) in [5, 5.41) is 22.0. The lowest BCUT2D eigenvalue weighted by Crippen LogP contribution is -2.41. The number of hydrogen-bond acceptors (Lipinski definition) is 4. The lowest BCUT2D eigenvalue weighted by Gasteiger charge is -2.13. The van der Waals surface area contributed by atoms with Crippen LogP contribution in [0, 0.1) is 10.1 Å². The van der Waals surface area contributed by atoms with E-state index < -0.39 is 22.8 Å². The van der Waals surface area contributed by atoms with Gasteiger partial charge in [-0.2, -0.15) is 0 Å². The van der Waals surface area contributed by atoms with Crippen molar-refractivity contribution in [3.63, 3.8) is 0 Å². The maximum absolute atomic E-state index is 11.8. The summed E-state index contributed by atoms with van der Waals surface area (Å²) in [5.74, 6) is -1.59. The Morgan fingerprint density at radius 3 is 2.62 bits per heavy atom. The number of carbonyl (C=O) groups is 2. The molecular formula is C13H15ClN2O5. The molecule has 0 bridgehead atoms. The number of nitro groups is 1. The standard InChI is InChI=1S/C13H15ClN2O5/c1-2-3-11(13(18)19)15-12(17)6-8-4-5-9(16(20)21)7-10(8)14/h4-5,7,11H,2-3,6H2,1H3,(H,15,17)(H,18,19). The average Bonchev–Trinajstić information content (AvgIpc) is 2.40. The van der Waals surface area contributed by atoms with E-state index in [-0.39, 0.29) is 17.1 Å². The average molecular weight is 315 g/mol. The van der Waals surface area contributed by atoms with Gasteiger partial charge in [0.25, 0.3) is 5.69 Å². The van der Waals surface area contributed by atoms with E-state index >= 15 is 0 Å². The maximum Gasteiger partial charge on any atom is 0.326 e. The van der Waals surface area contributed by atoms with Gasteiger partial charge < -0.3 is 10.4 Å². The van der Waals surface area contributed by atoms with E-state index in [9.17, 15) is 19.7 Å².